The van der Waals surface area contributed by atoms with Crippen molar-refractivity contribution < 1.29 is 14.6 Å². The third kappa shape index (κ3) is 8.22. The van der Waals surface area contributed by atoms with Crippen molar-refractivity contribution in [2.45, 2.75) is 53.4 Å². The number of methoxy groups -OCH3 is 1. The van der Waals surface area contributed by atoms with Crippen LogP contribution in [0.5, 0.6) is 11.5 Å². The molecule has 0 amide bonds. The molecule has 0 fully saturated rings. The highest BCUT2D eigenvalue weighted by Gasteiger charge is 2.14. The molecule has 0 saturated carbocycles. The number of benzene rings is 2. The van der Waals surface area contributed by atoms with Crippen LogP contribution < -0.4 is 4.74 Å². The van der Waals surface area contributed by atoms with Gasteiger partial charge in [0, 0.05) is 11.6 Å². The number of phenolic OH excluding ortho intramolecular Hbond substituents is 1. The molecule has 2 aromatic rings. The monoisotopic (exact) mass is 432 g/mol. The first-order valence-corrected chi connectivity index (χ1v) is 11.2. The number of phenols is 1. The number of hydrogen-bond acceptors (Lipinski definition) is 3. The molecule has 1 aliphatic carbocycles. The summed E-state index contributed by atoms with van der Waals surface area (Å²) in [5, 5.41) is 9.75. The molecule has 0 aromatic heterocycles. The number of hydrogen-bond donors (Lipinski definition) is 1. The Kier molecular flexibility index (Phi) is 9.52. The van der Waals surface area contributed by atoms with Crippen LogP contribution in [-0.2, 0) is 0 Å². The Hall–Kier alpha value is -3.07. The van der Waals surface area contributed by atoms with Crippen molar-refractivity contribution in [3.63, 3.8) is 0 Å². The maximum atomic E-state index is 12.1. The van der Waals surface area contributed by atoms with Crippen molar-refractivity contribution in [1.82, 2.24) is 0 Å². The van der Waals surface area contributed by atoms with Crippen LogP contribution >= 0.6 is 0 Å². The van der Waals surface area contributed by atoms with Gasteiger partial charge in [-0.05, 0) is 57.1 Å². The van der Waals surface area contributed by atoms with Crippen LogP contribution in [-0.4, -0.2) is 18.0 Å². The first-order chi connectivity index (χ1) is 15.2. The summed E-state index contributed by atoms with van der Waals surface area (Å²) in [7, 11) is 1.51. The molecule has 0 unspecified atom stereocenters. The summed E-state index contributed by atoms with van der Waals surface area (Å²) < 4.78 is 4.96. The second-order valence-electron chi connectivity index (χ2n) is 9.02. The van der Waals surface area contributed by atoms with E-state index in [1.54, 1.807) is 36.4 Å². The molecule has 3 nitrogen and oxygen atoms in total. The van der Waals surface area contributed by atoms with Gasteiger partial charge < -0.3 is 9.84 Å². The summed E-state index contributed by atoms with van der Waals surface area (Å²) in [6, 6.07) is 13.5. The second kappa shape index (κ2) is 12.1. The molecule has 0 aliphatic heterocycles. The van der Waals surface area contributed by atoms with E-state index in [0.717, 1.165) is 12.8 Å². The average Bonchev–Trinajstić information content (AvgIpc) is 2.80. The molecule has 0 spiro atoms. The minimum atomic E-state index is -0.203. The molecule has 1 N–H and O–H groups in total. The van der Waals surface area contributed by atoms with E-state index >= 15 is 0 Å². The number of carbonyl (C=O) groups is 1. The highest BCUT2D eigenvalue weighted by molar-refractivity contribution is 6.10. The highest BCUT2D eigenvalue weighted by Crippen LogP contribution is 2.26. The van der Waals surface area contributed by atoms with Crippen LogP contribution in [0.2, 0.25) is 0 Å². The van der Waals surface area contributed by atoms with E-state index < -0.39 is 0 Å². The second-order valence-corrected chi connectivity index (χ2v) is 9.02. The zero-order valence-corrected chi connectivity index (χ0v) is 20.0. The fourth-order valence-corrected chi connectivity index (χ4v) is 3.38. The summed E-state index contributed by atoms with van der Waals surface area (Å²) in [4.78, 5) is 12.1. The number of rotatable bonds is 3. The third-order valence-corrected chi connectivity index (χ3v) is 5.50. The lowest BCUT2D eigenvalue weighted by Crippen LogP contribution is -2.05. The molecule has 0 heterocycles. The first-order valence-electron chi connectivity index (χ1n) is 11.2. The molecule has 32 heavy (non-hydrogen) atoms. The van der Waals surface area contributed by atoms with Gasteiger partial charge in [0.1, 0.15) is 11.5 Å². The third-order valence-electron chi connectivity index (χ3n) is 5.50. The van der Waals surface area contributed by atoms with Gasteiger partial charge >= 0.3 is 0 Å². The van der Waals surface area contributed by atoms with Gasteiger partial charge in [0.25, 0.3) is 0 Å². The first kappa shape index (κ1) is 25.2. The maximum absolute atomic E-state index is 12.1. The predicted octanol–water partition coefficient (Wildman–Crippen LogP) is 7.67. The molecule has 170 valence electrons. The van der Waals surface area contributed by atoms with E-state index in [9.17, 15) is 9.90 Å². The fourth-order valence-electron chi connectivity index (χ4n) is 3.38. The Balaban J connectivity index is 0.000000229. The molecule has 3 heteroatoms. The standard InChI is InChI=1S/C15H24.C14H12O3/c1-13-7-5-8-14(2)10-12-15(3,4)11-6-9-13;1-17-11-7-8-12(13(15)9-11)14(16)10-5-3-2-4-6-10/h6-7,10-11H,5,8-9,12H2,1-4H3;2-9,15H,1H3. The molecular weight excluding hydrogens is 396 g/mol. The lowest BCUT2D eigenvalue weighted by atomic mass is 9.87. The van der Waals surface area contributed by atoms with Crippen molar-refractivity contribution >= 4 is 5.78 Å². The Morgan fingerprint density at radius 2 is 1.72 bits per heavy atom. The molecular formula is C29H36O3. The van der Waals surface area contributed by atoms with Crippen LogP contribution in [0.4, 0.5) is 0 Å². The number of allylic oxidation sites excluding steroid dienone is 6. The van der Waals surface area contributed by atoms with E-state index in [2.05, 4.69) is 52.0 Å². The van der Waals surface area contributed by atoms with Gasteiger partial charge in [-0.3, -0.25) is 4.79 Å². The molecule has 0 saturated heterocycles. The van der Waals surface area contributed by atoms with E-state index in [0.29, 0.717) is 16.7 Å². The zero-order valence-electron chi connectivity index (χ0n) is 20.0. The Bertz CT molecular complexity index is 979. The van der Waals surface area contributed by atoms with Crippen molar-refractivity contribution in [2.24, 2.45) is 5.41 Å². The van der Waals surface area contributed by atoms with E-state index in [-0.39, 0.29) is 17.1 Å². The quantitative estimate of drug-likeness (QED) is 0.400. The zero-order chi connectivity index (χ0) is 23.6. The lowest BCUT2D eigenvalue weighted by Gasteiger charge is -2.18. The van der Waals surface area contributed by atoms with Gasteiger partial charge in [-0.25, -0.2) is 0 Å². The van der Waals surface area contributed by atoms with Gasteiger partial charge in [-0.1, -0.05) is 79.6 Å². The minimum absolute atomic E-state index is 0.0711. The normalized spacial score (nSPS) is 15.9. The van der Waals surface area contributed by atoms with Crippen LogP contribution in [0.25, 0.3) is 0 Å². The molecule has 3 rings (SSSR count). The van der Waals surface area contributed by atoms with Gasteiger partial charge in [0.05, 0.1) is 12.7 Å². The average molecular weight is 433 g/mol. The van der Waals surface area contributed by atoms with Crippen LogP contribution in [0, 0.1) is 5.41 Å². The summed E-state index contributed by atoms with van der Waals surface area (Å²) in [5.74, 6) is 0.246. The molecule has 0 radical (unpaired) electrons. The summed E-state index contributed by atoms with van der Waals surface area (Å²) in [6.45, 7) is 9.10. The maximum Gasteiger partial charge on any atom is 0.196 e. The number of carbonyl (C=O) groups excluding carboxylic acids is 1. The Morgan fingerprint density at radius 3 is 2.38 bits per heavy atom. The molecule has 2 aromatic carbocycles. The fraction of sp³-hybridized carbons (Fsp3) is 0.345. The smallest absolute Gasteiger partial charge is 0.196 e. The van der Waals surface area contributed by atoms with Crippen LogP contribution in [0.15, 0.2) is 84.0 Å². The largest absolute Gasteiger partial charge is 0.507 e. The Morgan fingerprint density at radius 1 is 1.00 bits per heavy atom. The Labute approximate surface area is 193 Å². The van der Waals surface area contributed by atoms with Crippen molar-refractivity contribution in [1.29, 1.82) is 0 Å². The van der Waals surface area contributed by atoms with Crippen molar-refractivity contribution in [3.8, 4) is 11.5 Å². The molecule has 0 atom stereocenters. The molecule has 0 bridgehead atoms. The summed E-state index contributed by atoms with van der Waals surface area (Å²) in [5.41, 5.74) is 4.16. The van der Waals surface area contributed by atoms with Crippen molar-refractivity contribution in [3.05, 3.63) is 95.1 Å². The summed E-state index contributed by atoms with van der Waals surface area (Å²) >= 11 is 0. The van der Waals surface area contributed by atoms with E-state index in [1.807, 2.05) is 6.07 Å². The highest BCUT2D eigenvalue weighted by atomic mass is 16.5. The number of aromatic hydroxyl groups is 1. The number of ketones is 1. The number of ether oxygens (including phenoxy) is 1. The SMILES string of the molecule is CC1=CCCC(C)=CCC(C)(C)C=CC1.COc1ccc(C(=O)c2ccccc2)c(O)c1. The van der Waals surface area contributed by atoms with Crippen LogP contribution in [0.3, 0.4) is 0 Å². The van der Waals surface area contributed by atoms with Gasteiger partial charge in [0.2, 0.25) is 0 Å². The van der Waals surface area contributed by atoms with Gasteiger partial charge in [0.15, 0.2) is 5.78 Å². The minimum Gasteiger partial charge on any atom is -0.507 e. The van der Waals surface area contributed by atoms with Crippen LogP contribution in [0.1, 0.15) is 69.3 Å². The summed E-state index contributed by atoms with van der Waals surface area (Å²) in [6.07, 6.45) is 14.1. The molecule has 1 aliphatic rings. The van der Waals surface area contributed by atoms with Crippen molar-refractivity contribution in [2.75, 3.05) is 7.11 Å². The lowest BCUT2D eigenvalue weighted by molar-refractivity contribution is 0.103. The predicted molar refractivity (Wildman–Crippen MR) is 133 cm³/mol. The van der Waals surface area contributed by atoms with E-state index in [4.69, 9.17) is 4.74 Å². The topological polar surface area (TPSA) is 46.5 Å². The van der Waals surface area contributed by atoms with E-state index in [1.165, 1.54) is 37.2 Å². The van der Waals surface area contributed by atoms with Gasteiger partial charge in [-0.2, -0.15) is 0 Å². The van der Waals surface area contributed by atoms with Gasteiger partial charge in [-0.15, -0.1) is 0 Å².